The monoisotopic (exact) mass is 410 g/mol. The molecule has 0 aliphatic carbocycles. The Bertz CT molecular complexity index is 861. The van der Waals surface area contributed by atoms with Crippen LogP contribution < -0.4 is 16.0 Å². The van der Waals surface area contributed by atoms with E-state index in [-0.39, 0.29) is 24.3 Å². The molecule has 2 aromatic rings. The third-order valence-electron chi connectivity index (χ3n) is 4.54. The largest absolute Gasteiger partial charge is 0.376 e. The fourth-order valence-corrected chi connectivity index (χ4v) is 2.93. The highest BCUT2D eigenvalue weighted by Crippen LogP contribution is 2.15. The first-order valence-electron chi connectivity index (χ1n) is 10.3. The van der Waals surface area contributed by atoms with Crippen LogP contribution in [0.15, 0.2) is 48.5 Å². The normalized spacial score (nSPS) is 10.2. The zero-order valence-electron chi connectivity index (χ0n) is 17.8. The van der Waals surface area contributed by atoms with E-state index in [0.29, 0.717) is 30.8 Å². The van der Waals surface area contributed by atoms with Gasteiger partial charge in [-0.1, -0.05) is 13.0 Å². The van der Waals surface area contributed by atoms with Gasteiger partial charge in [0.15, 0.2) is 0 Å². The summed E-state index contributed by atoms with van der Waals surface area (Å²) in [7, 11) is 0. The molecule has 30 heavy (non-hydrogen) atoms. The number of hydrogen-bond donors (Lipinski definition) is 3. The summed E-state index contributed by atoms with van der Waals surface area (Å²) in [5.41, 5.74) is 2.61. The van der Waals surface area contributed by atoms with Gasteiger partial charge in [-0.15, -0.1) is 0 Å². The molecule has 0 heterocycles. The maximum atomic E-state index is 12.5. The van der Waals surface area contributed by atoms with Crippen LogP contribution in [0.1, 0.15) is 44.0 Å². The second kappa shape index (κ2) is 11.6. The molecule has 0 saturated carbocycles. The third kappa shape index (κ3) is 6.92. The van der Waals surface area contributed by atoms with Crippen LogP contribution in [0.5, 0.6) is 0 Å². The number of benzene rings is 2. The van der Waals surface area contributed by atoms with Crippen LogP contribution >= 0.6 is 0 Å². The van der Waals surface area contributed by atoms with Gasteiger partial charge in [-0.25, -0.2) is 0 Å². The Morgan fingerprint density at radius 3 is 2.07 bits per heavy atom. The number of carbonyl (C=O) groups is 3. The second-order valence-corrected chi connectivity index (χ2v) is 6.84. The smallest absolute Gasteiger partial charge is 0.253 e. The van der Waals surface area contributed by atoms with Gasteiger partial charge in [0.2, 0.25) is 11.8 Å². The summed E-state index contributed by atoms with van der Waals surface area (Å²) in [5.74, 6) is -0.289. The molecule has 0 aliphatic rings. The van der Waals surface area contributed by atoms with E-state index in [1.165, 1.54) is 0 Å². The predicted octanol–water partition coefficient (Wildman–Crippen LogP) is 3.96. The zero-order valence-corrected chi connectivity index (χ0v) is 17.8. The molecule has 0 atom stereocenters. The molecule has 7 heteroatoms. The van der Waals surface area contributed by atoms with Crippen molar-refractivity contribution in [1.82, 2.24) is 4.90 Å². The standard InChI is InChI=1S/C23H30N4O3/c1-4-8-21(28)25-19-13-11-18(12-14-19)24-16-22(29)26-20-10-7-9-17(15-20)23(30)27(5-2)6-3/h7,9-15,24H,4-6,8,16H2,1-3H3,(H,25,28)(H,26,29). The lowest BCUT2D eigenvalue weighted by Gasteiger charge is -2.19. The van der Waals surface area contributed by atoms with E-state index in [0.717, 1.165) is 17.8 Å². The number of anilines is 3. The fraction of sp³-hybridized carbons (Fsp3) is 0.348. The topological polar surface area (TPSA) is 90.5 Å². The first-order chi connectivity index (χ1) is 14.5. The van der Waals surface area contributed by atoms with E-state index in [1.54, 1.807) is 53.4 Å². The van der Waals surface area contributed by atoms with Gasteiger partial charge in [0.05, 0.1) is 6.54 Å². The average Bonchev–Trinajstić information content (AvgIpc) is 2.74. The van der Waals surface area contributed by atoms with Crippen LogP contribution in [0, 0.1) is 0 Å². The second-order valence-electron chi connectivity index (χ2n) is 6.84. The summed E-state index contributed by atoms with van der Waals surface area (Å²) < 4.78 is 0. The molecule has 0 radical (unpaired) electrons. The van der Waals surface area contributed by atoms with E-state index in [9.17, 15) is 14.4 Å². The van der Waals surface area contributed by atoms with Crippen LogP contribution in [0.25, 0.3) is 0 Å². The van der Waals surface area contributed by atoms with Crippen molar-refractivity contribution >= 4 is 34.8 Å². The average molecular weight is 411 g/mol. The van der Waals surface area contributed by atoms with Gasteiger partial charge in [-0.2, -0.15) is 0 Å². The number of carbonyl (C=O) groups excluding carboxylic acids is 3. The minimum atomic E-state index is -0.220. The lowest BCUT2D eigenvalue weighted by Crippen LogP contribution is -2.30. The minimum Gasteiger partial charge on any atom is -0.376 e. The molecule has 0 spiro atoms. The third-order valence-corrected chi connectivity index (χ3v) is 4.54. The molecule has 7 nitrogen and oxygen atoms in total. The van der Waals surface area contributed by atoms with Crippen molar-refractivity contribution in [2.45, 2.75) is 33.6 Å². The lowest BCUT2D eigenvalue weighted by atomic mass is 10.1. The van der Waals surface area contributed by atoms with Crippen LogP contribution in [-0.4, -0.2) is 42.3 Å². The quantitative estimate of drug-likeness (QED) is 0.553. The van der Waals surface area contributed by atoms with Crippen LogP contribution in [-0.2, 0) is 9.59 Å². The molecular weight excluding hydrogens is 380 g/mol. The minimum absolute atomic E-state index is 0.0145. The van der Waals surface area contributed by atoms with Crippen LogP contribution in [0.2, 0.25) is 0 Å². The van der Waals surface area contributed by atoms with Gasteiger partial charge in [-0.3, -0.25) is 14.4 Å². The predicted molar refractivity (Wildman–Crippen MR) is 121 cm³/mol. The van der Waals surface area contributed by atoms with Crippen molar-refractivity contribution in [2.24, 2.45) is 0 Å². The van der Waals surface area contributed by atoms with Gasteiger partial charge in [0.1, 0.15) is 0 Å². The first kappa shape index (κ1) is 22.9. The van der Waals surface area contributed by atoms with E-state index in [2.05, 4.69) is 16.0 Å². The number of hydrogen-bond acceptors (Lipinski definition) is 4. The lowest BCUT2D eigenvalue weighted by molar-refractivity contribution is -0.116. The van der Waals surface area contributed by atoms with Crippen molar-refractivity contribution < 1.29 is 14.4 Å². The number of nitrogens with zero attached hydrogens (tertiary/aromatic N) is 1. The van der Waals surface area contributed by atoms with E-state index in [1.807, 2.05) is 20.8 Å². The molecule has 2 rings (SSSR count). The Kier molecular flexibility index (Phi) is 8.87. The highest BCUT2D eigenvalue weighted by molar-refractivity contribution is 5.98. The fourth-order valence-electron chi connectivity index (χ4n) is 2.93. The zero-order chi connectivity index (χ0) is 21.9. The van der Waals surface area contributed by atoms with Gasteiger partial charge < -0.3 is 20.9 Å². The maximum Gasteiger partial charge on any atom is 0.253 e. The Morgan fingerprint density at radius 1 is 0.800 bits per heavy atom. The summed E-state index contributed by atoms with van der Waals surface area (Å²) >= 11 is 0. The van der Waals surface area contributed by atoms with Gasteiger partial charge in [-0.05, 0) is 62.7 Å². The number of rotatable bonds is 10. The van der Waals surface area contributed by atoms with E-state index in [4.69, 9.17) is 0 Å². The van der Waals surface area contributed by atoms with Gasteiger partial charge in [0.25, 0.3) is 5.91 Å². The summed E-state index contributed by atoms with van der Waals surface area (Å²) in [6.45, 7) is 7.18. The molecule has 0 unspecified atom stereocenters. The van der Waals surface area contributed by atoms with Crippen molar-refractivity contribution in [1.29, 1.82) is 0 Å². The summed E-state index contributed by atoms with van der Waals surface area (Å²) in [6.07, 6.45) is 1.29. The maximum absolute atomic E-state index is 12.5. The first-order valence-corrected chi connectivity index (χ1v) is 10.3. The van der Waals surface area contributed by atoms with Gasteiger partial charge >= 0.3 is 0 Å². The van der Waals surface area contributed by atoms with Crippen molar-refractivity contribution in [2.75, 3.05) is 35.6 Å². The highest BCUT2D eigenvalue weighted by atomic mass is 16.2. The summed E-state index contributed by atoms with van der Waals surface area (Å²) in [4.78, 5) is 38.1. The molecule has 160 valence electrons. The van der Waals surface area contributed by atoms with Crippen molar-refractivity contribution in [3.05, 3.63) is 54.1 Å². The summed E-state index contributed by atoms with van der Waals surface area (Å²) in [5, 5.41) is 8.67. The Labute approximate surface area is 177 Å². The molecular formula is C23H30N4O3. The van der Waals surface area contributed by atoms with Crippen LogP contribution in [0.3, 0.4) is 0 Å². The molecule has 0 aromatic heterocycles. The Balaban J connectivity index is 1.88. The molecule has 0 aliphatic heterocycles. The molecule has 3 amide bonds. The summed E-state index contributed by atoms with van der Waals surface area (Å²) in [6, 6.07) is 14.1. The highest BCUT2D eigenvalue weighted by Gasteiger charge is 2.13. The molecule has 2 aromatic carbocycles. The molecule has 3 N–H and O–H groups in total. The number of nitrogens with one attached hydrogen (secondary N) is 3. The van der Waals surface area contributed by atoms with Crippen molar-refractivity contribution in [3.63, 3.8) is 0 Å². The van der Waals surface area contributed by atoms with Gasteiger partial charge in [0, 0.05) is 42.1 Å². The number of amides is 3. The SMILES string of the molecule is CCCC(=O)Nc1ccc(NCC(=O)Nc2cccc(C(=O)N(CC)CC)c2)cc1. The van der Waals surface area contributed by atoms with Crippen molar-refractivity contribution in [3.8, 4) is 0 Å². The molecule has 0 bridgehead atoms. The van der Waals surface area contributed by atoms with E-state index >= 15 is 0 Å². The molecule has 0 fully saturated rings. The molecule has 0 saturated heterocycles. The Morgan fingerprint density at radius 2 is 1.43 bits per heavy atom. The van der Waals surface area contributed by atoms with Crippen LogP contribution in [0.4, 0.5) is 17.1 Å². The van der Waals surface area contributed by atoms with E-state index < -0.39 is 0 Å². The Hall–Kier alpha value is -3.35.